The van der Waals surface area contributed by atoms with Crippen LogP contribution in [0, 0.1) is 5.82 Å². The molecule has 0 aromatic heterocycles. The number of halogens is 5. The van der Waals surface area contributed by atoms with E-state index in [2.05, 4.69) is 0 Å². The third-order valence-corrected chi connectivity index (χ3v) is 4.96. The number of nitrogens with one attached hydrogen (secondary N) is 1. The molecule has 0 spiro atoms. The molecule has 1 saturated heterocycles. The van der Waals surface area contributed by atoms with E-state index in [1.165, 1.54) is 48.3 Å². The zero-order chi connectivity index (χ0) is 21.4. The molecule has 1 fully saturated rings. The fourth-order valence-corrected chi connectivity index (χ4v) is 3.41. The highest BCUT2D eigenvalue weighted by Crippen LogP contribution is 2.43. The fraction of sp³-hybridized carbons (Fsp3) is 0.263. The molecule has 0 aliphatic carbocycles. The summed E-state index contributed by atoms with van der Waals surface area (Å²) in [6.07, 6.45) is -5.07. The summed E-state index contributed by atoms with van der Waals surface area (Å²) in [4.78, 5) is 26.9. The lowest BCUT2D eigenvalue weighted by Gasteiger charge is -2.30. The second-order valence-electron chi connectivity index (χ2n) is 6.63. The van der Waals surface area contributed by atoms with E-state index < -0.39 is 41.7 Å². The number of hydrogen-bond donors (Lipinski definition) is 1. The normalized spacial score (nSPS) is 19.8. The van der Waals surface area contributed by atoms with E-state index in [0.29, 0.717) is 4.90 Å². The maximum Gasteiger partial charge on any atom is 0.425 e. The van der Waals surface area contributed by atoms with Crippen LogP contribution in [0.15, 0.2) is 48.5 Å². The van der Waals surface area contributed by atoms with E-state index in [9.17, 15) is 27.2 Å². The van der Waals surface area contributed by atoms with Crippen molar-refractivity contribution in [3.05, 3.63) is 70.5 Å². The van der Waals surface area contributed by atoms with Gasteiger partial charge in [-0.05, 0) is 24.7 Å². The van der Waals surface area contributed by atoms with Gasteiger partial charge in [-0.2, -0.15) is 13.2 Å². The number of imide groups is 1. The predicted octanol–water partition coefficient (Wildman–Crippen LogP) is 3.88. The molecule has 0 radical (unpaired) electrons. The molecule has 1 N–H and O–H groups in total. The van der Waals surface area contributed by atoms with Crippen LogP contribution in [0.1, 0.15) is 11.1 Å². The minimum Gasteiger partial charge on any atom is -0.312 e. The molecular formula is C19H16ClF4N3O2. The summed E-state index contributed by atoms with van der Waals surface area (Å²) in [5.74, 6) is -2.05. The number of benzene rings is 2. The number of urea groups is 1. The highest BCUT2D eigenvalue weighted by Gasteiger charge is 2.68. The summed E-state index contributed by atoms with van der Waals surface area (Å²) >= 11 is 5.96. The maximum atomic E-state index is 14.0. The number of amides is 3. The van der Waals surface area contributed by atoms with E-state index in [1.807, 2.05) is 0 Å². The Hall–Kier alpha value is -2.65. The Morgan fingerprint density at radius 2 is 1.76 bits per heavy atom. The van der Waals surface area contributed by atoms with Gasteiger partial charge in [-0.3, -0.25) is 9.69 Å². The van der Waals surface area contributed by atoms with Gasteiger partial charge in [0.25, 0.3) is 5.91 Å². The van der Waals surface area contributed by atoms with Crippen molar-refractivity contribution >= 4 is 23.5 Å². The van der Waals surface area contributed by atoms with Gasteiger partial charge < -0.3 is 5.32 Å². The number of carbonyl (C=O) groups excluding carboxylic acids is 2. The SMILES string of the molecule is CN(Cc1c(F)cccc1Cl)CN1C(=O)NC(c2ccccc2)(C(F)(F)F)C1=O. The number of carbonyl (C=O) groups is 2. The zero-order valence-corrected chi connectivity index (χ0v) is 15.9. The van der Waals surface area contributed by atoms with Gasteiger partial charge in [0.1, 0.15) is 5.82 Å². The number of hydrogen-bond acceptors (Lipinski definition) is 3. The number of alkyl halides is 3. The molecule has 154 valence electrons. The summed E-state index contributed by atoms with van der Waals surface area (Å²) in [5.41, 5.74) is -3.47. The molecule has 1 aliphatic rings. The van der Waals surface area contributed by atoms with Crippen LogP contribution in [0.25, 0.3) is 0 Å². The Bertz CT molecular complexity index is 919. The lowest BCUT2D eigenvalue weighted by molar-refractivity contribution is -0.198. The monoisotopic (exact) mass is 429 g/mol. The molecule has 1 atom stereocenters. The maximum absolute atomic E-state index is 14.0. The average Bonchev–Trinajstić information content (AvgIpc) is 2.91. The van der Waals surface area contributed by atoms with Crippen molar-refractivity contribution in [3.63, 3.8) is 0 Å². The van der Waals surface area contributed by atoms with E-state index in [-0.39, 0.29) is 17.1 Å². The van der Waals surface area contributed by atoms with Crippen molar-refractivity contribution in [1.82, 2.24) is 15.1 Å². The highest BCUT2D eigenvalue weighted by atomic mass is 35.5. The van der Waals surface area contributed by atoms with Crippen LogP contribution in [0.2, 0.25) is 5.02 Å². The Kier molecular flexibility index (Phi) is 5.55. The molecule has 1 heterocycles. The molecule has 10 heteroatoms. The van der Waals surface area contributed by atoms with Crippen molar-refractivity contribution in [3.8, 4) is 0 Å². The molecule has 5 nitrogen and oxygen atoms in total. The molecular weight excluding hydrogens is 414 g/mol. The summed E-state index contributed by atoms with van der Waals surface area (Å²) in [5, 5.41) is 1.93. The van der Waals surface area contributed by atoms with Crippen molar-refractivity contribution in [1.29, 1.82) is 0 Å². The van der Waals surface area contributed by atoms with Gasteiger partial charge in [0, 0.05) is 17.1 Å². The van der Waals surface area contributed by atoms with Crippen LogP contribution in [0.4, 0.5) is 22.4 Å². The third-order valence-electron chi connectivity index (χ3n) is 4.61. The van der Waals surface area contributed by atoms with Crippen molar-refractivity contribution < 1.29 is 27.2 Å². The smallest absolute Gasteiger partial charge is 0.312 e. The summed E-state index contributed by atoms with van der Waals surface area (Å²) in [7, 11) is 1.43. The topological polar surface area (TPSA) is 52.6 Å². The standard InChI is InChI=1S/C19H16ClF4N3O2/c1-26(10-13-14(20)8-5-9-15(13)21)11-27-16(28)18(19(22,23)24,25-17(27)29)12-6-3-2-4-7-12/h2-9H,10-11H2,1H3,(H,25,29). The second kappa shape index (κ2) is 7.64. The van der Waals surface area contributed by atoms with Gasteiger partial charge in [-0.15, -0.1) is 0 Å². The number of nitrogens with zero attached hydrogens (tertiary/aromatic N) is 2. The van der Waals surface area contributed by atoms with Crippen LogP contribution >= 0.6 is 11.6 Å². The van der Waals surface area contributed by atoms with Gasteiger partial charge in [0.05, 0.1) is 6.67 Å². The molecule has 3 amide bonds. The minimum atomic E-state index is -5.07. The Balaban J connectivity index is 1.88. The Labute approximate surface area is 168 Å². The first-order valence-electron chi connectivity index (χ1n) is 8.45. The summed E-state index contributed by atoms with van der Waals surface area (Å²) in [6, 6.07) is 9.31. The molecule has 29 heavy (non-hydrogen) atoms. The van der Waals surface area contributed by atoms with E-state index in [0.717, 1.165) is 12.1 Å². The first-order chi connectivity index (χ1) is 13.6. The molecule has 2 aromatic rings. The molecule has 3 rings (SSSR count). The van der Waals surface area contributed by atoms with Crippen LogP contribution < -0.4 is 5.32 Å². The minimum absolute atomic E-state index is 0.105. The molecule has 0 saturated carbocycles. The van der Waals surface area contributed by atoms with Crippen LogP contribution in [0.5, 0.6) is 0 Å². The first-order valence-corrected chi connectivity index (χ1v) is 8.83. The highest BCUT2D eigenvalue weighted by molar-refractivity contribution is 6.31. The van der Waals surface area contributed by atoms with Crippen LogP contribution in [0.3, 0.4) is 0 Å². The quantitative estimate of drug-likeness (QED) is 0.580. The van der Waals surface area contributed by atoms with Gasteiger partial charge in [-0.25, -0.2) is 14.1 Å². The van der Waals surface area contributed by atoms with Crippen molar-refractivity contribution in [2.45, 2.75) is 18.3 Å². The van der Waals surface area contributed by atoms with Gasteiger partial charge in [0.2, 0.25) is 5.54 Å². The van der Waals surface area contributed by atoms with Gasteiger partial charge >= 0.3 is 12.2 Å². The van der Waals surface area contributed by atoms with Gasteiger partial charge in [-0.1, -0.05) is 48.0 Å². The molecule has 2 aromatic carbocycles. The Morgan fingerprint density at radius 1 is 1.10 bits per heavy atom. The Morgan fingerprint density at radius 3 is 2.34 bits per heavy atom. The third kappa shape index (κ3) is 3.67. The zero-order valence-electron chi connectivity index (χ0n) is 15.1. The predicted molar refractivity (Wildman–Crippen MR) is 97.3 cm³/mol. The lowest BCUT2D eigenvalue weighted by atomic mass is 9.89. The lowest BCUT2D eigenvalue weighted by Crippen LogP contribution is -2.56. The van der Waals surface area contributed by atoms with E-state index in [4.69, 9.17) is 11.6 Å². The largest absolute Gasteiger partial charge is 0.425 e. The summed E-state index contributed by atoms with van der Waals surface area (Å²) in [6.45, 7) is -0.604. The fourth-order valence-electron chi connectivity index (χ4n) is 3.19. The summed E-state index contributed by atoms with van der Waals surface area (Å²) < 4.78 is 55.8. The number of rotatable bonds is 5. The van der Waals surface area contributed by atoms with Crippen molar-refractivity contribution in [2.75, 3.05) is 13.7 Å². The van der Waals surface area contributed by atoms with Crippen LogP contribution in [-0.4, -0.2) is 41.6 Å². The second-order valence-corrected chi connectivity index (χ2v) is 7.04. The molecule has 1 aliphatic heterocycles. The first kappa shape index (κ1) is 21.1. The van der Waals surface area contributed by atoms with Crippen LogP contribution in [-0.2, 0) is 16.9 Å². The van der Waals surface area contributed by atoms with Gasteiger partial charge in [0.15, 0.2) is 0 Å². The molecule has 0 bridgehead atoms. The van der Waals surface area contributed by atoms with E-state index >= 15 is 0 Å². The molecule has 1 unspecified atom stereocenters. The van der Waals surface area contributed by atoms with E-state index in [1.54, 1.807) is 5.32 Å². The van der Waals surface area contributed by atoms with Crippen molar-refractivity contribution in [2.24, 2.45) is 0 Å². The average molecular weight is 430 g/mol.